The smallest absolute Gasteiger partial charge is 0.185 e. The van der Waals surface area contributed by atoms with Crippen molar-refractivity contribution in [3.63, 3.8) is 0 Å². The van der Waals surface area contributed by atoms with Crippen LogP contribution in [0.2, 0.25) is 0 Å². The largest absolute Gasteiger partial charge is 0.489 e. The molecular weight excluding hydrogens is 356 g/mol. The summed E-state index contributed by atoms with van der Waals surface area (Å²) in [5.41, 5.74) is 5.76. The third-order valence-electron chi connectivity index (χ3n) is 5.05. The van der Waals surface area contributed by atoms with Crippen LogP contribution in [0, 0.1) is 6.92 Å². The van der Waals surface area contributed by atoms with Crippen LogP contribution in [-0.4, -0.2) is 5.78 Å². The lowest BCUT2D eigenvalue weighted by Gasteiger charge is -2.29. The van der Waals surface area contributed by atoms with Crippen LogP contribution in [0.25, 0.3) is 11.1 Å². The third-order valence-corrected chi connectivity index (χ3v) is 5.05. The Labute approximate surface area is 173 Å². The number of hydrogen-bond donors (Lipinski definition) is 0. The highest BCUT2D eigenvalue weighted by Crippen LogP contribution is 2.43. The Morgan fingerprint density at radius 1 is 1.00 bits per heavy atom. The summed E-state index contributed by atoms with van der Waals surface area (Å²) in [4.78, 5) is 12.6. The van der Waals surface area contributed by atoms with Gasteiger partial charge in [0, 0.05) is 11.1 Å². The number of rotatable bonds is 6. The average Bonchev–Trinajstić information content (AvgIpc) is 2.72. The minimum Gasteiger partial charge on any atom is -0.489 e. The van der Waals surface area contributed by atoms with Gasteiger partial charge in [0.2, 0.25) is 0 Å². The predicted molar refractivity (Wildman–Crippen MR) is 121 cm³/mol. The van der Waals surface area contributed by atoms with Crippen molar-refractivity contribution < 1.29 is 9.53 Å². The number of ether oxygens (including phenoxy) is 1. The van der Waals surface area contributed by atoms with Crippen LogP contribution in [0.15, 0.2) is 79.4 Å². The summed E-state index contributed by atoms with van der Waals surface area (Å²) in [6.07, 6.45) is 1.37. The van der Waals surface area contributed by atoms with Crippen molar-refractivity contribution >= 4 is 5.78 Å². The van der Waals surface area contributed by atoms with E-state index in [-0.39, 0.29) is 11.2 Å². The topological polar surface area (TPSA) is 26.3 Å². The second kappa shape index (κ2) is 8.48. The molecule has 0 spiro atoms. The van der Waals surface area contributed by atoms with E-state index in [4.69, 9.17) is 4.74 Å². The molecule has 3 aromatic rings. The molecule has 2 heteroatoms. The zero-order chi connectivity index (χ0) is 21.0. The molecular formula is C27H28O2. The van der Waals surface area contributed by atoms with Gasteiger partial charge in [-0.25, -0.2) is 0 Å². The van der Waals surface area contributed by atoms with Gasteiger partial charge in [0.15, 0.2) is 5.78 Å². The molecule has 0 unspecified atom stereocenters. The van der Waals surface area contributed by atoms with Gasteiger partial charge in [-0.15, -0.1) is 0 Å². The predicted octanol–water partition coefficient (Wildman–Crippen LogP) is 6.91. The standard InChI is InChI=1S/C27H28O2/c1-6-23(28)22-17-24(29-18-20-13-9-7-10-14-20)26(27(3,4)5)25(19(22)2)21-15-11-8-12-16-21/h6-17H,1,18H2,2-5H3. The molecule has 0 amide bonds. The van der Waals surface area contributed by atoms with Gasteiger partial charge in [-0.1, -0.05) is 88.0 Å². The maximum atomic E-state index is 12.6. The molecule has 29 heavy (non-hydrogen) atoms. The zero-order valence-electron chi connectivity index (χ0n) is 17.7. The van der Waals surface area contributed by atoms with Crippen molar-refractivity contribution in [2.24, 2.45) is 0 Å². The second-order valence-electron chi connectivity index (χ2n) is 8.26. The molecule has 3 rings (SSSR count). The Hall–Kier alpha value is -3.13. The van der Waals surface area contributed by atoms with E-state index in [0.29, 0.717) is 12.2 Å². The van der Waals surface area contributed by atoms with E-state index in [9.17, 15) is 4.79 Å². The van der Waals surface area contributed by atoms with E-state index in [1.165, 1.54) is 6.08 Å². The molecule has 0 bridgehead atoms. The molecule has 0 atom stereocenters. The van der Waals surface area contributed by atoms with Gasteiger partial charge in [-0.05, 0) is 46.7 Å². The lowest BCUT2D eigenvalue weighted by atomic mass is 9.77. The molecule has 0 aromatic heterocycles. The van der Waals surface area contributed by atoms with Crippen LogP contribution >= 0.6 is 0 Å². The quantitative estimate of drug-likeness (QED) is 0.341. The monoisotopic (exact) mass is 384 g/mol. The van der Waals surface area contributed by atoms with Crippen molar-refractivity contribution in [3.05, 3.63) is 102 Å². The van der Waals surface area contributed by atoms with E-state index >= 15 is 0 Å². The number of carbonyl (C=O) groups excluding carboxylic acids is 1. The van der Waals surface area contributed by atoms with E-state index in [2.05, 4.69) is 39.5 Å². The molecule has 0 aliphatic rings. The summed E-state index contributed by atoms with van der Waals surface area (Å²) in [6.45, 7) is 12.7. The molecule has 0 saturated heterocycles. The van der Waals surface area contributed by atoms with Crippen molar-refractivity contribution in [3.8, 4) is 16.9 Å². The summed E-state index contributed by atoms with van der Waals surface area (Å²) in [7, 11) is 0. The van der Waals surface area contributed by atoms with Crippen LogP contribution in [0.4, 0.5) is 0 Å². The van der Waals surface area contributed by atoms with Gasteiger partial charge in [0.25, 0.3) is 0 Å². The minimum atomic E-state index is -0.169. The zero-order valence-corrected chi connectivity index (χ0v) is 17.7. The van der Waals surface area contributed by atoms with Gasteiger partial charge in [-0.3, -0.25) is 4.79 Å². The highest BCUT2D eigenvalue weighted by atomic mass is 16.5. The second-order valence-corrected chi connectivity index (χ2v) is 8.26. The summed E-state index contributed by atoms with van der Waals surface area (Å²) < 4.78 is 6.32. The van der Waals surface area contributed by atoms with Gasteiger partial charge in [0.1, 0.15) is 12.4 Å². The van der Waals surface area contributed by atoms with Crippen molar-refractivity contribution in [1.29, 1.82) is 0 Å². The lowest BCUT2D eigenvalue weighted by Crippen LogP contribution is -2.18. The fraction of sp³-hybridized carbons (Fsp3) is 0.222. The Morgan fingerprint density at radius 2 is 1.59 bits per heavy atom. The Kier molecular flexibility index (Phi) is 6.03. The number of carbonyl (C=O) groups is 1. The Morgan fingerprint density at radius 3 is 2.14 bits per heavy atom. The van der Waals surface area contributed by atoms with Crippen LogP contribution in [0.3, 0.4) is 0 Å². The van der Waals surface area contributed by atoms with Crippen molar-refractivity contribution in [1.82, 2.24) is 0 Å². The van der Waals surface area contributed by atoms with Crippen molar-refractivity contribution in [2.45, 2.75) is 39.7 Å². The molecule has 0 aliphatic heterocycles. The normalized spacial score (nSPS) is 11.2. The first kappa shape index (κ1) is 20.6. The molecule has 0 fully saturated rings. The molecule has 2 nitrogen and oxygen atoms in total. The molecule has 0 heterocycles. The number of allylic oxidation sites excluding steroid dienone is 1. The Balaban J connectivity index is 2.24. The first-order valence-corrected chi connectivity index (χ1v) is 9.90. The number of benzene rings is 3. The highest BCUT2D eigenvalue weighted by molar-refractivity contribution is 6.07. The molecule has 3 aromatic carbocycles. The summed E-state index contributed by atoms with van der Waals surface area (Å²) in [6, 6.07) is 22.2. The molecule has 0 radical (unpaired) electrons. The van der Waals surface area contributed by atoms with E-state index in [1.807, 2.05) is 61.5 Å². The molecule has 0 aliphatic carbocycles. The highest BCUT2D eigenvalue weighted by Gasteiger charge is 2.28. The van der Waals surface area contributed by atoms with Gasteiger partial charge in [0.05, 0.1) is 0 Å². The fourth-order valence-corrected chi connectivity index (χ4v) is 3.68. The number of hydrogen-bond acceptors (Lipinski definition) is 2. The SMILES string of the molecule is C=CC(=O)c1cc(OCc2ccccc2)c(C(C)(C)C)c(-c2ccccc2)c1C. The molecule has 148 valence electrons. The van der Waals surface area contributed by atoms with Gasteiger partial charge >= 0.3 is 0 Å². The first-order valence-electron chi connectivity index (χ1n) is 9.90. The van der Waals surface area contributed by atoms with Crippen LogP contribution in [-0.2, 0) is 12.0 Å². The summed E-state index contributed by atoms with van der Waals surface area (Å²) >= 11 is 0. The maximum Gasteiger partial charge on any atom is 0.185 e. The molecule has 0 N–H and O–H groups in total. The first-order chi connectivity index (χ1) is 13.8. The van der Waals surface area contributed by atoms with Crippen LogP contribution < -0.4 is 4.74 Å². The maximum absolute atomic E-state index is 12.6. The van der Waals surface area contributed by atoms with E-state index in [1.54, 1.807) is 0 Å². The Bertz CT molecular complexity index is 1010. The number of ketones is 1. The van der Waals surface area contributed by atoms with Crippen molar-refractivity contribution in [2.75, 3.05) is 0 Å². The van der Waals surface area contributed by atoms with E-state index < -0.39 is 0 Å². The summed E-state index contributed by atoms with van der Waals surface area (Å²) in [5.74, 6) is 0.653. The van der Waals surface area contributed by atoms with Gasteiger partial charge in [-0.2, -0.15) is 0 Å². The fourth-order valence-electron chi connectivity index (χ4n) is 3.68. The minimum absolute atomic E-state index is 0.0929. The van der Waals surface area contributed by atoms with E-state index in [0.717, 1.165) is 33.6 Å². The third kappa shape index (κ3) is 4.48. The lowest BCUT2D eigenvalue weighted by molar-refractivity contribution is 0.104. The van der Waals surface area contributed by atoms with Crippen LogP contribution in [0.1, 0.15) is 47.8 Å². The van der Waals surface area contributed by atoms with Gasteiger partial charge < -0.3 is 4.74 Å². The molecule has 0 saturated carbocycles. The summed E-state index contributed by atoms with van der Waals surface area (Å²) in [5, 5.41) is 0. The average molecular weight is 385 g/mol. The van der Waals surface area contributed by atoms with Crippen LogP contribution in [0.5, 0.6) is 5.75 Å².